The van der Waals surface area contributed by atoms with Gasteiger partial charge < -0.3 is 13.7 Å². The van der Waals surface area contributed by atoms with E-state index in [0.29, 0.717) is 0 Å². The SMILES string of the molecule is Cc1cccc(C)c1Cc1ncn(C)c1C.Cc1cccc(Cc2ncn(C)c2C)c1C.Cc1ccccc1Cc1ncn(C)c1C. The van der Waals surface area contributed by atoms with Gasteiger partial charge in [0, 0.05) is 57.5 Å². The first-order chi connectivity index (χ1) is 22.4. The van der Waals surface area contributed by atoms with Crippen molar-refractivity contribution in [3.63, 3.8) is 0 Å². The Bertz CT molecular complexity index is 1910. The summed E-state index contributed by atoms with van der Waals surface area (Å²) in [4.78, 5) is 13.3. The zero-order valence-electron chi connectivity index (χ0n) is 30.3. The minimum Gasteiger partial charge on any atom is -0.338 e. The topological polar surface area (TPSA) is 53.5 Å². The lowest BCUT2D eigenvalue weighted by Gasteiger charge is -2.08. The second-order valence-electron chi connectivity index (χ2n) is 12.8. The van der Waals surface area contributed by atoms with Gasteiger partial charge in [-0.05, 0) is 99.9 Å². The van der Waals surface area contributed by atoms with Gasteiger partial charge >= 0.3 is 0 Å². The summed E-state index contributed by atoms with van der Waals surface area (Å²) < 4.78 is 6.21. The number of benzene rings is 3. The molecule has 0 N–H and O–H groups in total. The molecule has 0 atom stereocenters. The average molecular weight is 629 g/mol. The van der Waals surface area contributed by atoms with Gasteiger partial charge in [-0.25, -0.2) is 15.0 Å². The molecule has 0 amide bonds. The molecular weight excluding hydrogens is 576 g/mol. The van der Waals surface area contributed by atoms with E-state index in [1.807, 2.05) is 40.1 Å². The molecule has 0 aliphatic rings. The van der Waals surface area contributed by atoms with E-state index < -0.39 is 0 Å². The second kappa shape index (κ2) is 15.7. The maximum atomic E-state index is 4.46. The van der Waals surface area contributed by atoms with E-state index >= 15 is 0 Å². The number of aromatic nitrogens is 6. The minimum atomic E-state index is 0.930. The highest BCUT2D eigenvalue weighted by molar-refractivity contribution is 5.38. The Labute approximate surface area is 282 Å². The quantitative estimate of drug-likeness (QED) is 0.186. The van der Waals surface area contributed by atoms with Crippen molar-refractivity contribution in [3.8, 4) is 0 Å². The van der Waals surface area contributed by atoms with Crippen molar-refractivity contribution in [2.75, 3.05) is 0 Å². The van der Waals surface area contributed by atoms with E-state index in [1.54, 1.807) is 0 Å². The lowest BCUT2D eigenvalue weighted by molar-refractivity contribution is 0.868. The Kier molecular flexibility index (Phi) is 11.8. The van der Waals surface area contributed by atoms with Gasteiger partial charge in [0.15, 0.2) is 0 Å². The van der Waals surface area contributed by atoms with Crippen molar-refractivity contribution in [2.24, 2.45) is 21.1 Å². The Morgan fingerprint density at radius 3 is 1.28 bits per heavy atom. The van der Waals surface area contributed by atoms with Gasteiger partial charge in [-0.15, -0.1) is 0 Å². The molecule has 6 nitrogen and oxygen atoms in total. The van der Waals surface area contributed by atoms with Crippen LogP contribution in [0, 0.1) is 55.4 Å². The molecular formula is C41H52N6. The van der Waals surface area contributed by atoms with Gasteiger partial charge in [0.1, 0.15) is 0 Å². The van der Waals surface area contributed by atoms with Crippen LogP contribution < -0.4 is 0 Å². The van der Waals surface area contributed by atoms with Crippen LogP contribution in [0.15, 0.2) is 79.6 Å². The van der Waals surface area contributed by atoms with Crippen LogP contribution in [0.5, 0.6) is 0 Å². The maximum Gasteiger partial charge on any atom is 0.0949 e. The lowest BCUT2D eigenvalue weighted by atomic mass is 9.98. The Morgan fingerprint density at radius 1 is 0.426 bits per heavy atom. The molecule has 246 valence electrons. The summed E-state index contributed by atoms with van der Waals surface area (Å²) in [6.07, 6.45) is 8.45. The van der Waals surface area contributed by atoms with Crippen LogP contribution in [0.25, 0.3) is 0 Å². The maximum absolute atomic E-state index is 4.46. The van der Waals surface area contributed by atoms with E-state index in [2.05, 4.69) is 145 Å². The molecule has 6 rings (SSSR count). The van der Waals surface area contributed by atoms with Crippen LogP contribution in [-0.2, 0) is 40.4 Å². The summed E-state index contributed by atoms with van der Waals surface area (Å²) in [7, 11) is 6.11. The van der Waals surface area contributed by atoms with Crippen LogP contribution in [0.2, 0.25) is 0 Å². The molecule has 0 saturated carbocycles. The Hall–Kier alpha value is -4.71. The minimum absolute atomic E-state index is 0.930. The molecule has 0 spiro atoms. The molecule has 3 aromatic carbocycles. The van der Waals surface area contributed by atoms with E-state index in [0.717, 1.165) is 19.3 Å². The van der Waals surface area contributed by atoms with Crippen LogP contribution in [0.3, 0.4) is 0 Å². The molecule has 0 saturated heterocycles. The number of hydrogen-bond acceptors (Lipinski definition) is 3. The first-order valence-electron chi connectivity index (χ1n) is 16.4. The predicted octanol–water partition coefficient (Wildman–Crippen LogP) is 8.50. The fourth-order valence-electron chi connectivity index (χ4n) is 5.61. The fourth-order valence-corrected chi connectivity index (χ4v) is 5.61. The average Bonchev–Trinajstić information content (AvgIpc) is 3.66. The number of hydrogen-bond donors (Lipinski definition) is 0. The molecule has 6 aromatic rings. The summed E-state index contributed by atoms with van der Waals surface area (Å²) in [6.45, 7) is 17.2. The predicted molar refractivity (Wildman–Crippen MR) is 195 cm³/mol. The normalized spacial score (nSPS) is 10.7. The van der Waals surface area contributed by atoms with Crippen molar-refractivity contribution < 1.29 is 0 Å². The van der Waals surface area contributed by atoms with Gasteiger partial charge in [-0.3, -0.25) is 0 Å². The zero-order valence-corrected chi connectivity index (χ0v) is 30.3. The van der Waals surface area contributed by atoms with Crippen molar-refractivity contribution in [1.82, 2.24) is 28.7 Å². The monoisotopic (exact) mass is 628 g/mol. The van der Waals surface area contributed by atoms with Gasteiger partial charge in [-0.2, -0.15) is 0 Å². The molecule has 0 unspecified atom stereocenters. The number of rotatable bonds is 6. The molecule has 0 aliphatic carbocycles. The van der Waals surface area contributed by atoms with Gasteiger partial charge in [0.25, 0.3) is 0 Å². The lowest BCUT2D eigenvalue weighted by Crippen LogP contribution is -1.98. The molecule has 3 heterocycles. The standard InChI is InChI=1S/2C14H18N2.C13H16N2/c1-10-6-5-7-13(11(10)2)8-14-12(3)16(4)9-15-14;1-10-6-5-7-11(2)13(10)8-14-12(3)16(4)9-15-14;1-10-6-4-5-7-12(10)8-13-11(2)15(3)9-14-13/h2*5-7,9H,8H2,1-4H3;4-7,9H,8H2,1-3H3. The van der Waals surface area contributed by atoms with Crippen LogP contribution in [-0.4, -0.2) is 28.7 Å². The van der Waals surface area contributed by atoms with E-state index in [9.17, 15) is 0 Å². The van der Waals surface area contributed by atoms with Crippen molar-refractivity contribution in [1.29, 1.82) is 0 Å². The highest BCUT2D eigenvalue weighted by Crippen LogP contribution is 2.20. The summed E-state index contributed by atoms with van der Waals surface area (Å²) in [5, 5.41) is 0. The molecule has 6 heteroatoms. The Morgan fingerprint density at radius 2 is 0.809 bits per heavy atom. The summed E-state index contributed by atoms with van der Waals surface area (Å²) in [6, 6.07) is 21.4. The number of imidazole rings is 3. The second-order valence-corrected chi connectivity index (χ2v) is 12.8. The van der Waals surface area contributed by atoms with Crippen molar-refractivity contribution in [3.05, 3.63) is 158 Å². The molecule has 47 heavy (non-hydrogen) atoms. The van der Waals surface area contributed by atoms with E-state index in [1.165, 1.54) is 78.7 Å². The molecule has 3 aromatic heterocycles. The summed E-state index contributed by atoms with van der Waals surface area (Å²) in [5.41, 5.74) is 18.2. The Balaban J connectivity index is 0.000000160. The summed E-state index contributed by atoms with van der Waals surface area (Å²) in [5.74, 6) is 0. The van der Waals surface area contributed by atoms with Crippen molar-refractivity contribution in [2.45, 2.75) is 74.7 Å². The van der Waals surface area contributed by atoms with Gasteiger partial charge in [-0.1, -0.05) is 60.7 Å². The van der Waals surface area contributed by atoms with Crippen LogP contribution in [0.1, 0.15) is 78.7 Å². The first kappa shape index (κ1) is 35.1. The first-order valence-corrected chi connectivity index (χ1v) is 16.4. The third kappa shape index (κ3) is 8.76. The number of nitrogens with zero attached hydrogens (tertiary/aromatic N) is 6. The zero-order chi connectivity index (χ0) is 34.2. The van der Waals surface area contributed by atoms with E-state index in [-0.39, 0.29) is 0 Å². The highest BCUT2D eigenvalue weighted by atomic mass is 15.0. The van der Waals surface area contributed by atoms with Gasteiger partial charge in [0.2, 0.25) is 0 Å². The third-order valence-corrected chi connectivity index (χ3v) is 9.68. The summed E-state index contributed by atoms with van der Waals surface area (Å²) >= 11 is 0. The van der Waals surface area contributed by atoms with E-state index in [4.69, 9.17) is 0 Å². The largest absolute Gasteiger partial charge is 0.338 e. The fraction of sp³-hybridized carbons (Fsp3) is 0.341. The highest BCUT2D eigenvalue weighted by Gasteiger charge is 2.10. The molecule has 0 radical (unpaired) electrons. The molecule has 0 aliphatic heterocycles. The number of aryl methyl sites for hydroxylation is 7. The molecule has 0 bridgehead atoms. The van der Waals surface area contributed by atoms with Gasteiger partial charge in [0.05, 0.1) is 36.1 Å². The third-order valence-electron chi connectivity index (χ3n) is 9.68. The van der Waals surface area contributed by atoms with Crippen molar-refractivity contribution >= 4 is 0 Å². The molecule has 0 fully saturated rings. The van der Waals surface area contributed by atoms with Crippen LogP contribution >= 0.6 is 0 Å². The smallest absolute Gasteiger partial charge is 0.0949 e. The van der Waals surface area contributed by atoms with Crippen LogP contribution in [0.4, 0.5) is 0 Å².